The number of hydrogen-bond donors (Lipinski definition) is 1. The van der Waals surface area contributed by atoms with Gasteiger partial charge in [-0.15, -0.1) is 0 Å². The molecule has 1 heterocycles. The van der Waals surface area contributed by atoms with E-state index in [1.165, 1.54) is 32.4 Å². The lowest BCUT2D eigenvalue weighted by molar-refractivity contribution is 0.0694. The van der Waals surface area contributed by atoms with Crippen molar-refractivity contribution in [3.63, 3.8) is 0 Å². The molecule has 1 aromatic heterocycles. The quantitative estimate of drug-likeness (QED) is 0.889. The number of carboxylic acids is 1. The number of halogens is 2. The van der Waals surface area contributed by atoms with Gasteiger partial charge in [-0.2, -0.15) is 9.97 Å². The van der Waals surface area contributed by atoms with Crippen LogP contribution in [0.25, 0.3) is 0 Å². The number of ether oxygens (including phenoxy) is 3. The fourth-order valence-electron chi connectivity index (χ4n) is 1.55. The molecule has 2 aromatic rings. The number of benzene rings is 1. The van der Waals surface area contributed by atoms with Crippen LogP contribution >= 0.6 is 23.2 Å². The minimum Gasteiger partial charge on any atom is -0.481 e. The van der Waals surface area contributed by atoms with Gasteiger partial charge in [0.25, 0.3) is 0 Å². The molecule has 0 bridgehead atoms. The molecule has 0 saturated heterocycles. The first kappa shape index (κ1) is 16.1. The molecule has 0 aliphatic rings. The first-order valence-electron chi connectivity index (χ1n) is 5.82. The van der Waals surface area contributed by atoms with Crippen LogP contribution in [0.3, 0.4) is 0 Å². The van der Waals surface area contributed by atoms with Gasteiger partial charge in [-0.3, -0.25) is 0 Å². The second kappa shape index (κ2) is 6.67. The summed E-state index contributed by atoms with van der Waals surface area (Å²) in [6.45, 7) is 0. The van der Waals surface area contributed by atoms with Gasteiger partial charge in [0.1, 0.15) is 5.56 Å². The molecule has 0 atom stereocenters. The van der Waals surface area contributed by atoms with Gasteiger partial charge in [0.2, 0.25) is 11.8 Å². The first-order valence-corrected chi connectivity index (χ1v) is 6.57. The van der Waals surface area contributed by atoms with Gasteiger partial charge in [-0.25, -0.2) is 4.79 Å². The summed E-state index contributed by atoms with van der Waals surface area (Å²) >= 11 is 11.8. The van der Waals surface area contributed by atoms with Gasteiger partial charge < -0.3 is 19.3 Å². The predicted molar refractivity (Wildman–Crippen MR) is 78.6 cm³/mol. The van der Waals surface area contributed by atoms with Crippen LogP contribution in [0.2, 0.25) is 10.0 Å². The van der Waals surface area contributed by atoms with E-state index in [4.69, 9.17) is 37.4 Å². The number of aromatic carboxylic acids is 1. The van der Waals surface area contributed by atoms with Crippen LogP contribution in [-0.2, 0) is 0 Å². The second-order valence-electron chi connectivity index (χ2n) is 3.91. The van der Waals surface area contributed by atoms with E-state index in [-0.39, 0.29) is 39.1 Å². The molecular formula is C13H10Cl2N2O5. The zero-order valence-electron chi connectivity index (χ0n) is 11.5. The molecule has 0 aliphatic carbocycles. The van der Waals surface area contributed by atoms with Gasteiger partial charge >= 0.3 is 12.0 Å². The van der Waals surface area contributed by atoms with E-state index in [2.05, 4.69) is 9.97 Å². The molecule has 0 fully saturated rings. The molecule has 0 aliphatic heterocycles. The average molecular weight is 345 g/mol. The van der Waals surface area contributed by atoms with Crippen molar-refractivity contribution >= 4 is 29.2 Å². The standard InChI is InChI=1S/C13H10Cl2N2O5/c1-20-9-5-10(21-2)17-13(16-9)22-11-7(12(18)19)3-6(14)4-8(11)15/h3-5H,1-2H3,(H,18,19). The molecule has 0 saturated carbocycles. The SMILES string of the molecule is COc1cc(OC)nc(Oc2c(Cl)cc(Cl)cc2C(=O)O)n1. The van der Waals surface area contributed by atoms with Crippen molar-refractivity contribution in [2.24, 2.45) is 0 Å². The number of hydrogen-bond acceptors (Lipinski definition) is 6. The molecule has 22 heavy (non-hydrogen) atoms. The summed E-state index contributed by atoms with van der Waals surface area (Å²) in [5.74, 6) is -1.02. The predicted octanol–water partition coefficient (Wildman–Crippen LogP) is 3.29. The number of methoxy groups -OCH3 is 2. The molecule has 0 spiro atoms. The van der Waals surface area contributed by atoms with Crippen molar-refractivity contribution in [3.05, 3.63) is 33.8 Å². The Labute approximate surface area is 135 Å². The Bertz CT molecular complexity index is 702. The fourth-order valence-corrected chi connectivity index (χ4v) is 2.08. The highest BCUT2D eigenvalue weighted by atomic mass is 35.5. The molecule has 2 rings (SSSR count). The Kier molecular flexibility index (Phi) is 4.89. The van der Waals surface area contributed by atoms with Crippen molar-refractivity contribution < 1.29 is 24.1 Å². The van der Waals surface area contributed by atoms with Crippen LogP contribution < -0.4 is 14.2 Å². The van der Waals surface area contributed by atoms with Crippen LogP contribution in [0.15, 0.2) is 18.2 Å². The van der Waals surface area contributed by atoms with Crippen LogP contribution in [0.4, 0.5) is 0 Å². The summed E-state index contributed by atoms with van der Waals surface area (Å²) in [4.78, 5) is 19.2. The van der Waals surface area contributed by atoms with Crippen molar-refractivity contribution in [1.29, 1.82) is 0 Å². The fraction of sp³-hybridized carbons (Fsp3) is 0.154. The summed E-state index contributed by atoms with van der Waals surface area (Å²) in [5.41, 5.74) is -0.220. The lowest BCUT2D eigenvalue weighted by atomic mass is 10.2. The normalized spacial score (nSPS) is 10.2. The molecule has 0 radical (unpaired) electrons. The summed E-state index contributed by atoms with van der Waals surface area (Å²) < 4.78 is 15.3. The lowest BCUT2D eigenvalue weighted by Gasteiger charge is -2.11. The molecule has 1 aromatic carbocycles. The summed E-state index contributed by atoms with van der Waals surface area (Å²) in [7, 11) is 2.81. The highest BCUT2D eigenvalue weighted by Gasteiger charge is 2.19. The number of aromatic nitrogens is 2. The Hall–Kier alpha value is -2.25. The maximum Gasteiger partial charge on any atom is 0.339 e. The second-order valence-corrected chi connectivity index (χ2v) is 4.75. The van der Waals surface area contributed by atoms with Crippen LogP contribution in [0.1, 0.15) is 10.4 Å². The van der Waals surface area contributed by atoms with E-state index < -0.39 is 5.97 Å². The third-order valence-corrected chi connectivity index (χ3v) is 3.01. The van der Waals surface area contributed by atoms with Crippen molar-refractivity contribution in [2.45, 2.75) is 0 Å². The van der Waals surface area contributed by atoms with E-state index in [0.717, 1.165) is 0 Å². The highest BCUT2D eigenvalue weighted by Crippen LogP contribution is 2.35. The van der Waals surface area contributed by atoms with Gasteiger partial charge in [-0.05, 0) is 12.1 Å². The maximum atomic E-state index is 11.3. The lowest BCUT2D eigenvalue weighted by Crippen LogP contribution is -2.03. The smallest absolute Gasteiger partial charge is 0.339 e. The number of rotatable bonds is 5. The van der Waals surface area contributed by atoms with Gasteiger partial charge in [0.05, 0.1) is 25.3 Å². The van der Waals surface area contributed by atoms with E-state index in [1.807, 2.05) is 0 Å². The average Bonchev–Trinajstić information content (AvgIpc) is 2.49. The minimum absolute atomic E-state index is 0.00952. The van der Waals surface area contributed by atoms with Crippen LogP contribution in [0, 0.1) is 0 Å². The summed E-state index contributed by atoms with van der Waals surface area (Å²) in [5, 5.41) is 9.38. The third-order valence-electron chi connectivity index (χ3n) is 2.51. The van der Waals surface area contributed by atoms with Crippen molar-refractivity contribution in [2.75, 3.05) is 14.2 Å². The van der Waals surface area contributed by atoms with E-state index in [1.54, 1.807) is 0 Å². The van der Waals surface area contributed by atoms with E-state index in [9.17, 15) is 9.90 Å². The van der Waals surface area contributed by atoms with Crippen LogP contribution in [-0.4, -0.2) is 35.3 Å². The topological polar surface area (TPSA) is 90.8 Å². The Morgan fingerprint density at radius 1 is 1.09 bits per heavy atom. The van der Waals surface area contributed by atoms with Crippen molar-refractivity contribution in [3.8, 4) is 23.5 Å². The number of carbonyl (C=O) groups is 1. The molecule has 0 unspecified atom stereocenters. The maximum absolute atomic E-state index is 11.3. The minimum atomic E-state index is -1.26. The molecule has 9 heteroatoms. The van der Waals surface area contributed by atoms with Crippen LogP contribution in [0.5, 0.6) is 23.5 Å². The Morgan fingerprint density at radius 2 is 1.68 bits per heavy atom. The third kappa shape index (κ3) is 3.49. The van der Waals surface area contributed by atoms with Gasteiger partial charge in [0, 0.05) is 5.02 Å². The molecule has 0 amide bonds. The van der Waals surface area contributed by atoms with Gasteiger partial charge in [0.15, 0.2) is 5.75 Å². The van der Waals surface area contributed by atoms with Gasteiger partial charge in [-0.1, -0.05) is 23.2 Å². The first-order chi connectivity index (χ1) is 10.4. The van der Waals surface area contributed by atoms with E-state index >= 15 is 0 Å². The molecule has 116 valence electrons. The Morgan fingerprint density at radius 3 is 2.18 bits per heavy atom. The summed E-state index contributed by atoms with van der Waals surface area (Å²) in [6, 6.07) is 3.82. The highest BCUT2D eigenvalue weighted by molar-refractivity contribution is 6.36. The number of nitrogens with zero attached hydrogens (tertiary/aromatic N) is 2. The molecular weight excluding hydrogens is 335 g/mol. The largest absolute Gasteiger partial charge is 0.481 e. The number of carboxylic acid groups (broad SMARTS) is 1. The molecule has 7 nitrogen and oxygen atoms in total. The van der Waals surface area contributed by atoms with Crippen molar-refractivity contribution in [1.82, 2.24) is 9.97 Å². The van der Waals surface area contributed by atoms with E-state index in [0.29, 0.717) is 0 Å². The summed E-state index contributed by atoms with van der Waals surface area (Å²) in [6.07, 6.45) is 0. The zero-order valence-corrected chi connectivity index (χ0v) is 13.0. The molecule has 1 N–H and O–H groups in total. The zero-order chi connectivity index (χ0) is 16.3. The monoisotopic (exact) mass is 344 g/mol. The Balaban J connectivity index is 2.49.